The predicted octanol–water partition coefficient (Wildman–Crippen LogP) is 2.86. The van der Waals surface area contributed by atoms with Crippen molar-refractivity contribution in [3.63, 3.8) is 0 Å². The Balaban J connectivity index is 1.68. The van der Waals surface area contributed by atoms with Crippen LogP contribution in [0.25, 0.3) is 0 Å². The predicted molar refractivity (Wildman–Crippen MR) is 87.3 cm³/mol. The number of sulfonamides is 1. The molecule has 0 amide bonds. The average molecular weight is 323 g/mol. The summed E-state index contributed by atoms with van der Waals surface area (Å²) in [6.45, 7) is 3.52. The molecule has 0 spiro atoms. The molecular formula is C16H25N3O2S. The number of nitrogens with zero attached hydrogens (tertiary/aromatic N) is 2. The van der Waals surface area contributed by atoms with E-state index in [2.05, 4.69) is 17.2 Å². The Hall–Kier alpha value is -1.14. The van der Waals surface area contributed by atoms with Gasteiger partial charge >= 0.3 is 0 Å². The Morgan fingerprint density at radius 3 is 2.55 bits per heavy atom. The first-order chi connectivity index (χ1) is 10.6. The van der Waals surface area contributed by atoms with Gasteiger partial charge in [0.05, 0.1) is 0 Å². The Morgan fingerprint density at radius 2 is 1.95 bits per heavy atom. The third-order valence-corrected chi connectivity index (χ3v) is 6.62. The smallest absolute Gasteiger partial charge is 0.244 e. The third kappa shape index (κ3) is 3.43. The average Bonchev–Trinajstić information content (AvgIpc) is 2.94. The van der Waals surface area contributed by atoms with E-state index in [0.29, 0.717) is 24.0 Å². The zero-order chi connectivity index (χ0) is 15.6. The minimum atomic E-state index is -3.37. The third-order valence-electron chi connectivity index (χ3n) is 4.74. The van der Waals surface area contributed by atoms with Gasteiger partial charge in [0.2, 0.25) is 10.0 Å². The lowest BCUT2D eigenvalue weighted by Gasteiger charge is -2.25. The van der Waals surface area contributed by atoms with Crippen molar-refractivity contribution in [3.05, 3.63) is 18.3 Å². The molecule has 122 valence electrons. The largest absolute Gasteiger partial charge is 0.367 e. The lowest BCUT2D eigenvalue weighted by atomic mass is 10.1. The molecule has 2 aliphatic rings. The lowest BCUT2D eigenvalue weighted by Crippen LogP contribution is -2.35. The fourth-order valence-electron chi connectivity index (χ4n) is 3.42. The number of hydrogen-bond donors (Lipinski definition) is 1. The summed E-state index contributed by atoms with van der Waals surface area (Å²) in [6.07, 6.45) is 8.08. The monoisotopic (exact) mass is 323 g/mol. The van der Waals surface area contributed by atoms with Crippen LogP contribution in [0.3, 0.4) is 0 Å². The van der Waals surface area contributed by atoms with Crippen LogP contribution < -0.4 is 5.32 Å². The van der Waals surface area contributed by atoms with Crippen LogP contribution in [-0.4, -0.2) is 36.8 Å². The van der Waals surface area contributed by atoms with Crippen LogP contribution in [0.4, 0.5) is 5.82 Å². The standard InChI is InChI=1S/C16H25N3O2S/c1-13-5-6-14(11-13)18-16-8-7-15(12-17-16)22(20,21)19-9-3-2-4-10-19/h7-8,12-14H,2-6,9-11H2,1H3,(H,17,18). The van der Waals surface area contributed by atoms with E-state index < -0.39 is 10.0 Å². The topological polar surface area (TPSA) is 62.3 Å². The van der Waals surface area contributed by atoms with Crippen molar-refractivity contribution in [2.75, 3.05) is 18.4 Å². The van der Waals surface area contributed by atoms with E-state index in [1.54, 1.807) is 16.4 Å². The summed E-state index contributed by atoms with van der Waals surface area (Å²) in [7, 11) is -3.37. The molecule has 2 heterocycles. The summed E-state index contributed by atoms with van der Waals surface area (Å²) in [5.41, 5.74) is 0. The Bertz CT molecular complexity index is 594. The summed E-state index contributed by atoms with van der Waals surface area (Å²) in [6, 6.07) is 3.93. The molecule has 1 aliphatic heterocycles. The molecule has 1 saturated carbocycles. The van der Waals surface area contributed by atoms with Crippen molar-refractivity contribution in [1.82, 2.24) is 9.29 Å². The molecule has 2 fully saturated rings. The maximum absolute atomic E-state index is 12.6. The Labute approximate surface area is 133 Å². The van der Waals surface area contributed by atoms with Crippen LogP contribution in [0, 0.1) is 5.92 Å². The molecule has 0 aromatic carbocycles. The molecule has 1 aliphatic carbocycles. The number of aromatic nitrogens is 1. The molecule has 3 rings (SSSR count). The van der Waals surface area contributed by atoms with Crippen LogP contribution in [-0.2, 0) is 10.0 Å². The van der Waals surface area contributed by atoms with Crippen LogP contribution in [0.2, 0.25) is 0 Å². The Kier molecular flexibility index (Phi) is 4.68. The summed E-state index contributed by atoms with van der Waals surface area (Å²) in [5, 5.41) is 3.41. The van der Waals surface area contributed by atoms with Gasteiger partial charge in [-0.3, -0.25) is 0 Å². The van der Waals surface area contributed by atoms with Crippen molar-refractivity contribution < 1.29 is 8.42 Å². The summed E-state index contributed by atoms with van der Waals surface area (Å²) in [4.78, 5) is 4.62. The van der Waals surface area contributed by atoms with Gasteiger partial charge < -0.3 is 5.32 Å². The molecule has 2 atom stereocenters. The summed E-state index contributed by atoms with van der Waals surface area (Å²) >= 11 is 0. The minimum absolute atomic E-state index is 0.305. The number of rotatable bonds is 4. The number of nitrogens with one attached hydrogen (secondary N) is 1. The highest BCUT2D eigenvalue weighted by atomic mass is 32.2. The van der Waals surface area contributed by atoms with Gasteiger partial charge in [-0.2, -0.15) is 4.31 Å². The first kappa shape index (κ1) is 15.7. The highest BCUT2D eigenvalue weighted by molar-refractivity contribution is 7.89. The van der Waals surface area contributed by atoms with Gasteiger partial charge in [-0.15, -0.1) is 0 Å². The summed E-state index contributed by atoms with van der Waals surface area (Å²) in [5.74, 6) is 1.54. The molecule has 5 nitrogen and oxygen atoms in total. The maximum Gasteiger partial charge on any atom is 0.244 e. The first-order valence-electron chi connectivity index (χ1n) is 8.28. The normalized spacial score (nSPS) is 27.0. The molecule has 0 bridgehead atoms. The second-order valence-electron chi connectivity index (χ2n) is 6.60. The number of hydrogen-bond acceptors (Lipinski definition) is 4. The second-order valence-corrected chi connectivity index (χ2v) is 8.54. The van der Waals surface area contributed by atoms with Gasteiger partial charge in [0.1, 0.15) is 10.7 Å². The lowest BCUT2D eigenvalue weighted by molar-refractivity contribution is 0.346. The molecule has 1 N–H and O–H groups in total. The molecule has 2 unspecified atom stereocenters. The second kappa shape index (κ2) is 6.54. The van der Waals surface area contributed by atoms with E-state index in [9.17, 15) is 8.42 Å². The van der Waals surface area contributed by atoms with Gasteiger partial charge in [0, 0.05) is 25.3 Å². The highest BCUT2D eigenvalue weighted by Gasteiger charge is 2.26. The number of anilines is 1. The molecular weight excluding hydrogens is 298 g/mol. The van der Waals surface area contributed by atoms with Crippen molar-refractivity contribution in [2.24, 2.45) is 5.92 Å². The number of pyridine rings is 1. The van der Waals surface area contributed by atoms with Crippen LogP contribution in [0.1, 0.15) is 45.4 Å². The van der Waals surface area contributed by atoms with Crippen molar-refractivity contribution in [1.29, 1.82) is 0 Å². The molecule has 0 radical (unpaired) electrons. The van der Waals surface area contributed by atoms with Crippen molar-refractivity contribution in [2.45, 2.75) is 56.4 Å². The SMILES string of the molecule is CC1CCC(Nc2ccc(S(=O)(=O)N3CCCCC3)cn2)C1. The van der Waals surface area contributed by atoms with E-state index in [0.717, 1.165) is 43.8 Å². The molecule has 1 aromatic heterocycles. The highest BCUT2D eigenvalue weighted by Crippen LogP contribution is 2.27. The van der Waals surface area contributed by atoms with E-state index >= 15 is 0 Å². The molecule has 1 aromatic rings. The van der Waals surface area contributed by atoms with E-state index in [-0.39, 0.29) is 0 Å². The molecule has 6 heteroatoms. The van der Waals surface area contributed by atoms with E-state index in [1.807, 2.05) is 0 Å². The van der Waals surface area contributed by atoms with E-state index in [1.165, 1.54) is 12.6 Å². The first-order valence-corrected chi connectivity index (χ1v) is 9.72. The van der Waals surface area contributed by atoms with Gasteiger partial charge in [-0.05, 0) is 50.2 Å². The van der Waals surface area contributed by atoms with Gasteiger partial charge in [-0.1, -0.05) is 13.3 Å². The fourth-order valence-corrected chi connectivity index (χ4v) is 4.88. The zero-order valence-corrected chi connectivity index (χ0v) is 14.0. The molecule has 22 heavy (non-hydrogen) atoms. The minimum Gasteiger partial charge on any atom is -0.367 e. The van der Waals surface area contributed by atoms with E-state index in [4.69, 9.17) is 0 Å². The number of piperidine rings is 1. The van der Waals surface area contributed by atoms with Crippen molar-refractivity contribution in [3.8, 4) is 0 Å². The van der Waals surface area contributed by atoms with Gasteiger partial charge in [0.15, 0.2) is 0 Å². The van der Waals surface area contributed by atoms with Gasteiger partial charge in [0.25, 0.3) is 0 Å². The van der Waals surface area contributed by atoms with Crippen molar-refractivity contribution >= 4 is 15.8 Å². The van der Waals surface area contributed by atoms with Gasteiger partial charge in [-0.25, -0.2) is 13.4 Å². The zero-order valence-electron chi connectivity index (χ0n) is 13.2. The maximum atomic E-state index is 12.6. The van der Waals surface area contributed by atoms with Crippen LogP contribution >= 0.6 is 0 Å². The van der Waals surface area contributed by atoms with Crippen LogP contribution in [0.15, 0.2) is 23.2 Å². The molecule has 1 saturated heterocycles. The fraction of sp³-hybridized carbons (Fsp3) is 0.688. The van der Waals surface area contributed by atoms with Crippen LogP contribution in [0.5, 0.6) is 0 Å². The summed E-state index contributed by atoms with van der Waals surface area (Å²) < 4.78 is 26.7. The quantitative estimate of drug-likeness (QED) is 0.925. The Morgan fingerprint density at radius 1 is 1.18 bits per heavy atom.